The van der Waals surface area contributed by atoms with Crippen molar-refractivity contribution in [2.24, 2.45) is 0 Å². The van der Waals surface area contributed by atoms with Crippen molar-refractivity contribution in [2.45, 2.75) is 26.6 Å². The highest BCUT2D eigenvalue weighted by molar-refractivity contribution is 5.47. The van der Waals surface area contributed by atoms with Crippen molar-refractivity contribution in [1.29, 1.82) is 0 Å². The average Bonchev–Trinajstić information content (AvgIpc) is 2.92. The molecule has 2 aromatic heterocycles. The number of fused-ring (bicyclic) bond motifs is 1. The third kappa shape index (κ3) is 2.44. The largest absolute Gasteiger partial charge is 0.347 e. The van der Waals surface area contributed by atoms with Gasteiger partial charge in [0.1, 0.15) is 12.1 Å². The summed E-state index contributed by atoms with van der Waals surface area (Å²) in [4.78, 5) is 6.82. The van der Waals surface area contributed by atoms with Crippen molar-refractivity contribution >= 4 is 5.82 Å². The van der Waals surface area contributed by atoms with E-state index in [0.717, 1.165) is 44.4 Å². The molecule has 2 aromatic rings. The molecule has 0 atom stereocenters. The molecule has 0 aliphatic carbocycles. The molecule has 0 bridgehead atoms. The monoisotopic (exact) mass is 258 g/mol. The normalized spacial score (nSPS) is 14.5. The van der Waals surface area contributed by atoms with Gasteiger partial charge in [-0.3, -0.25) is 0 Å². The second-order valence-corrected chi connectivity index (χ2v) is 4.63. The summed E-state index contributed by atoms with van der Waals surface area (Å²) < 4.78 is 2.10. The summed E-state index contributed by atoms with van der Waals surface area (Å²) in [7, 11) is 0. The molecule has 100 valence electrons. The summed E-state index contributed by atoms with van der Waals surface area (Å²) in [5.41, 5.74) is 1.23. The lowest BCUT2D eigenvalue weighted by Crippen LogP contribution is -2.35. The lowest BCUT2D eigenvalue weighted by atomic mass is 10.2. The van der Waals surface area contributed by atoms with Crippen LogP contribution in [0.2, 0.25) is 0 Å². The Balaban J connectivity index is 1.83. The van der Waals surface area contributed by atoms with Gasteiger partial charge in [0.15, 0.2) is 5.82 Å². The lowest BCUT2D eigenvalue weighted by Gasteiger charge is -2.29. The number of aromatic nitrogens is 4. The van der Waals surface area contributed by atoms with Gasteiger partial charge in [-0.25, -0.2) is 4.98 Å². The fraction of sp³-hybridized carbons (Fsp3) is 0.462. The second-order valence-electron chi connectivity index (χ2n) is 4.63. The van der Waals surface area contributed by atoms with Crippen LogP contribution in [0.25, 0.3) is 0 Å². The minimum absolute atomic E-state index is 0.774. The molecule has 0 saturated heterocycles. The molecular weight excluding hydrogens is 240 g/mol. The van der Waals surface area contributed by atoms with Gasteiger partial charge in [0, 0.05) is 31.4 Å². The average molecular weight is 258 g/mol. The standard InChI is InChI=1S/C13H18N6/c1-2-14-8-11-4-3-5-15-13(11)18-6-7-19-10-16-17-12(19)9-18/h3-5,10,14H,2,6-9H2,1H3. The first-order chi connectivity index (χ1) is 9.38. The molecule has 0 spiro atoms. The number of hydrogen-bond donors (Lipinski definition) is 1. The highest BCUT2D eigenvalue weighted by Crippen LogP contribution is 2.21. The van der Waals surface area contributed by atoms with Gasteiger partial charge in [-0.15, -0.1) is 10.2 Å². The molecule has 19 heavy (non-hydrogen) atoms. The number of anilines is 1. The fourth-order valence-electron chi connectivity index (χ4n) is 2.36. The lowest BCUT2D eigenvalue weighted by molar-refractivity contribution is 0.553. The van der Waals surface area contributed by atoms with Crippen LogP contribution in [-0.4, -0.2) is 32.8 Å². The van der Waals surface area contributed by atoms with Gasteiger partial charge in [0.25, 0.3) is 0 Å². The molecule has 1 N–H and O–H groups in total. The number of nitrogens with zero attached hydrogens (tertiary/aromatic N) is 5. The summed E-state index contributed by atoms with van der Waals surface area (Å²) >= 11 is 0. The van der Waals surface area contributed by atoms with Gasteiger partial charge in [-0.05, 0) is 12.6 Å². The molecule has 1 aliphatic heterocycles. The van der Waals surface area contributed by atoms with Gasteiger partial charge < -0.3 is 14.8 Å². The van der Waals surface area contributed by atoms with Crippen LogP contribution < -0.4 is 10.2 Å². The Morgan fingerprint density at radius 1 is 1.37 bits per heavy atom. The van der Waals surface area contributed by atoms with Crippen LogP contribution >= 0.6 is 0 Å². The smallest absolute Gasteiger partial charge is 0.152 e. The number of nitrogens with one attached hydrogen (secondary N) is 1. The van der Waals surface area contributed by atoms with E-state index >= 15 is 0 Å². The Bertz CT molecular complexity index is 550. The molecule has 0 amide bonds. The topological polar surface area (TPSA) is 58.9 Å². The van der Waals surface area contributed by atoms with Gasteiger partial charge in [0.05, 0.1) is 6.54 Å². The Hall–Kier alpha value is -1.95. The zero-order chi connectivity index (χ0) is 13.1. The maximum atomic E-state index is 4.54. The SMILES string of the molecule is CCNCc1cccnc1N1CCn2cnnc2C1. The summed E-state index contributed by atoms with van der Waals surface area (Å²) in [6.45, 7) is 6.56. The minimum Gasteiger partial charge on any atom is -0.347 e. The van der Waals surface area contributed by atoms with E-state index in [0.29, 0.717) is 0 Å². The Morgan fingerprint density at radius 2 is 2.32 bits per heavy atom. The third-order valence-corrected chi connectivity index (χ3v) is 3.37. The molecule has 1 aliphatic rings. The van der Waals surface area contributed by atoms with E-state index in [2.05, 4.69) is 43.0 Å². The maximum Gasteiger partial charge on any atom is 0.152 e. The molecule has 0 radical (unpaired) electrons. The van der Waals surface area contributed by atoms with Gasteiger partial charge in [0.2, 0.25) is 0 Å². The molecular formula is C13H18N6. The molecule has 3 rings (SSSR count). The van der Waals surface area contributed by atoms with Crippen LogP contribution in [0.4, 0.5) is 5.82 Å². The molecule has 0 unspecified atom stereocenters. The Morgan fingerprint density at radius 3 is 3.21 bits per heavy atom. The molecule has 6 heteroatoms. The first-order valence-corrected chi connectivity index (χ1v) is 6.64. The van der Waals surface area contributed by atoms with E-state index < -0.39 is 0 Å². The first-order valence-electron chi connectivity index (χ1n) is 6.64. The molecule has 6 nitrogen and oxygen atoms in total. The van der Waals surface area contributed by atoms with Gasteiger partial charge >= 0.3 is 0 Å². The number of hydrogen-bond acceptors (Lipinski definition) is 5. The van der Waals surface area contributed by atoms with E-state index in [1.54, 1.807) is 6.33 Å². The Kier molecular flexibility index (Phi) is 3.41. The van der Waals surface area contributed by atoms with Crippen molar-refractivity contribution < 1.29 is 0 Å². The van der Waals surface area contributed by atoms with Crippen molar-refractivity contribution in [3.63, 3.8) is 0 Å². The van der Waals surface area contributed by atoms with Crippen LogP contribution in [0.3, 0.4) is 0 Å². The minimum atomic E-state index is 0.774. The van der Waals surface area contributed by atoms with Crippen LogP contribution in [0, 0.1) is 0 Å². The van der Waals surface area contributed by atoms with Crippen molar-refractivity contribution in [3.05, 3.63) is 36.0 Å². The Labute approximate surface area is 112 Å². The summed E-state index contributed by atoms with van der Waals surface area (Å²) in [5, 5.41) is 11.5. The molecule has 0 fully saturated rings. The van der Waals surface area contributed by atoms with Crippen LogP contribution in [0.5, 0.6) is 0 Å². The predicted octanol–water partition coefficient (Wildman–Crippen LogP) is 0.803. The van der Waals surface area contributed by atoms with Gasteiger partial charge in [-0.2, -0.15) is 0 Å². The number of pyridine rings is 1. The van der Waals surface area contributed by atoms with E-state index in [9.17, 15) is 0 Å². The molecule has 0 aromatic carbocycles. The van der Waals surface area contributed by atoms with Crippen LogP contribution in [0.1, 0.15) is 18.3 Å². The highest BCUT2D eigenvalue weighted by Gasteiger charge is 2.20. The summed E-state index contributed by atoms with van der Waals surface area (Å²) in [5.74, 6) is 2.06. The molecule has 3 heterocycles. The highest BCUT2D eigenvalue weighted by atomic mass is 15.3. The van der Waals surface area contributed by atoms with E-state index in [1.807, 2.05) is 12.3 Å². The zero-order valence-electron chi connectivity index (χ0n) is 11.1. The summed E-state index contributed by atoms with van der Waals surface area (Å²) in [6, 6.07) is 4.12. The predicted molar refractivity (Wildman–Crippen MR) is 72.7 cm³/mol. The van der Waals surface area contributed by atoms with Crippen molar-refractivity contribution in [2.75, 3.05) is 18.0 Å². The fourth-order valence-corrected chi connectivity index (χ4v) is 2.36. The number of rotatable bonds is 4. The maximum absolute atomic E-state index is 4.54. The first kappa shape index (κ1) is 12.1. The zero-order valence-corrected chi connectivity index (χ0v) is 11.1. The van der Waals surface area contributed by atoms with Gasteiger partial charge in [-0.1, -0.05) is 13.0 Å². The third-order valence-electron chi connectivity index (χ3n) is 3.37. The van der Waals surface area contributed by atoms with E-state index in [4.69, 9.17) is 0 Å². The second kappa shape index (κ2) is 5.36. The van der Waals surface area contributed by atoms with E-state index in [-0.39, 0.29) is 0 Å². The van der Waals surface area contributed by atoms with Crippen LogP contribution in [0.15, 0.2) is 24.7 Å². The molecule has 0 saturated carbocycles. The van der Waals surface area contributed by atoms with E-state index in [1.165, 1.54) is 5.56 Å². The quantitative estimate of drug-likeness (QED) is 0.879. The van der Waals surface area contributed by atoms with Crippen molar-refractivity contribution in [3.8, 4) is 0 Å². The van der Waals surface area contributed by atoms with Crippen molar-refractivity contribution in [1.82, 2.24) is 25.1 Å². The summed E-state index contributed by atoms with van der Waals surface area (Å²) in [6.07, 6.45) is 3.65. The van der Waals surface area contributed by atoms with Crippen LogP contribution in [-0.2, 0) is 19.6 Å².